The van der Waals surface area contributed by atoms with Gasteiger partial charge in [0.2, 0.25) is 5.91 Å². The molecule has 0 aromatic heterocycles. The van der Waals surface area contributed by atoms with Crippen LogP contribution < -0.4 is 5.32 Å². The molecule has 0 saturated heterocycles. The van der Waals surface area contributed by atoms with Crippen LogP contribution >= 0.6 is 0 Å². The van der Waals surface area contributed by atoms with Crippen LogP contribution in [0.5, 0.6) is 0 Å². The van der Waals surface area contributed by atoms with Gasteiger partial charge in [-0.3, -0.25) is 4.79 Å². The first-order valence-electron chi connectivity index (χ1n) is 7.83. The number of esters is 1. The van der Waals surface area contributed by atoms with Crippen molar-refractivity contribution in [3.05, 3.63) is 71.5 Å². The average Bonchev–Trinajstić information content (AvgIpc) is 2.55. The lowest BCUT2D eigenvalue weighted by atomic mass is 10.1. The van der Waals surface area contributed by atoms with Crippen LogP contribution in [0.3, 0.4) is 0 Å². The Hall–Kier alpha value is -2.69. The molecule has 24 heavy (non-hydrogen) atoms. The highest BCUT2D eigenvalue weighted by Crippen LogP contribution is 2.07. The van der Waals surface area contributed by atoms with Crippen LogP contribution in [0.25, 0.3) is 0 Å². The van der Waals surface area contributed by atoms with Gasteiger partial charge in [-0.15, -0.1) is 0 Å². The SMILES string of the molecule is CCOC(=O)[C@H](Cc1ccccc1)NC(=O)Cc1cccc(F)c1. The first-order valence-corrected chi connectivity index (χ1v) is 7.83. The molecule has 0 fully saturated rings. The second kappa shape index (κ2) is 8.82. The number of ether oxygens (including phenoxy) is 1. The summed E-state index contributed by atoms with van der Waals surface area (Å²) >= 11 is 0. The second-order valence-electron chi connectivity index (χ2n) is 5.37. The molecule has 1 N–H and O–H groups in total. The van der Waals surface area contributed by atoms with Crippen molar-refractivity contribution in [3.63, 3.8) is 0 Å². The molecule has 5 heteroatoms. The van der Waals surface area contributed by atoms with E-state index in [9.17, 15) is 14.0 Å². The Bertz CT molecular complexity index is 688. The quantitative estimate of drug-likeness (QED) is 0.795. The molecule has 0 saturated carbocycles. The minimum atomic E-state index is -0.770. The van der Waals surface area contributed by atoms with Crippen molar-refractivity contribution < 1.29 is 18.7 Å². The number of hydrogen-bond donors (Lipinski definition) is 1. The first kappa shape index (κ1) is 17.7. The van der Waals surface area contributed by atoms with Gasteiger partial charge in [-0.25, -0.2) is 9.18 Å². The number of carbonyl (C=O) groups excluding carboxylic acids is 2. The number of amides is 1. The smallest absolute Gasteiger partial charge is 0.328 e. The zero-order valence-electron chi connectivity index (χ0n) is 13.5. The average molecular weight is 329 g/mol. The third kappa shape index (κ3) is 5.50. The van der Waals surface area contributed by atoms with Crippen LogP contribution in [0, 0.1) is 5.82 Å². The maximum atomic E-state index is 13.2. The Labute approximate surface area is 140 Å². The molecule has 126 valence electrons. The molecule has 2 aromatic rings. The van der Waals surface area contributed by atoms with E-state index >= 15 is 0 Å². The Morgan fingerprint density at radius 1 is 1.08 bits per heavy atom. The maximum absolute atomic E-state index is 13.2. The zero-order valence-corrected chi connectivity index (χ0v) is 13.5. The highest BCUT2D eigenvalue weighted by Gasteiger charge is 2.22. The Morgan fingerprint density at radius 2 is 1.79 bits per heavy atom. The molecule has 0 heterocycles. The predicted molar refractivity (Wildman–Crippen MR) is 88.8 cm³/mol. The van der Waals surface area contributed by atoms with Gasteiger partial charge in [-0.2, -0.15) is 0 Å². The molecule has 0 aliphatic rings. The Kier molecular flexibility index (Phi) is 6.49. The number of rotatable bonds is 7. The fourth-order valence-corrected chi connectivity index (χ4v) is 2.36. The summed E-state index contributed by atoms with van der Waals surface area (Å²) in [5, 5.41) is 2.68. The fourth-order valence-electron chi connectivity index (χ4n) is 2.36. The van der Waals surface area contributed by atoms with Gasteiger partial charge in [0.1, 0.15) is 11.9 Å². The highest BCUT2D eigenvalue weighted by atomic mass is 19.1. The summed E-state index contributed by atoms with van der Waals surface area (Å²) in [6.45, 7) is 1.95. The summed E-state index contributed by atoms with van der Waals surface area (Å²) in [5.41, 5.74) is 1.47. The van der Waals surface area contributed by atoms with Crippen molar-refractivity contribution in [2.45, 2.75) is 25.8 Å². The predicted octanol–water partition coefficient (Wildman–Crippen LogP) is 2.66. The molecule has 0 spiro atoms. The van der Waals surface area contributed by atoms with Crippen LogP contribution in [0.4, 0.5) is 4.39 Å². The van der Waals surface area contributed by atoms with Gasteiger partial charge in [-0.1, -0.05) is 42.5 Å². The lowest BCUT2D eigenvalue weighted by Crippen LogP contribution is -2.44. The van der Waals surface area contributed by atoms with Crippen molar-refractivity contribution in [1.29, 1.82) is 0 Å². The minimum Gasteiger partial charge on any atom is -0.464 e. The third-order valence-electron chi connectivity index (χ3n) is 3.44. The number of benzene rings is 2. The number of nitrogens with one attached hydrogen (secondary N) is 1. The van der Waals surface area contributed by atoms with Gasteiger partial charge in [-0.05, 0) is 30.2 Å². The molecule has 0 aliphatic heterocycles. The van der Waals surface area contributed by atoms with Crippen molar-refractivity contribution in [3.8, 4) is 0 Å². The molecule has 0 unspecified atom stereocenters. The Morgan fingerprint density at radius 3 is 2.46 bits per heavy atom. The van der Waals surface area contributed by atoms with E-state index in [0.717, 1.165) is 5.56 Å². The first-order chi connectivity index (χ1) is 11.6. The maximum Gasteiger partial charge on any atom is 0.328 e. The number of hydrogen-bond acceptors (Lipinski definition) is 3. The monoisotopic (exact) mass is 329 g/mol. The highest BCUT2D eigenvalue weighted by molar-refractivity contribution is 5.85. The van der Waals surface area contributed by atoms with E-state index in [-0.39, 0.29) is 18.9 Å². The summed E-state index contributed by atoms with van der Waals surface area (Å²) in [7, 11) is 0. The largest absolute Gasteiger partial charge is 0.464 e. The molecule has 0 aliphatic carbocycles. The summed E-state index contributed by atoms with van der Waals surface area (Å²) in [5.74, 6) is -1.23. The van der Waals surface area contributed by atoms with E-state index < -0.39 is 17.8 Å². The summed E-state index contributed by atoms with van der Waals surface area (Å²) in [6.07, 6.45) is 0.344. The minimum absolute atomic E-state index is 0.00244. The van der Waals surface area contributed by atoms with Gasteiger partial charge >= 0.3 is 5.97 Å². The Balaban J connectivity index is 2.03. The third-order valence-corrected chi connectivity index (χ3v) is 3.44. The van der Waals surface area contributed by atoms with Crippen LogP contribution in [0.1, 0.15) is 18.1 Å². The van der Waals surface area contributed by atoms with Gasteiger partial charge in [0.15, 0.2) is 0 Å². The summed E-state index contributed by atoms with van der Waals surface area (Å²) in [6, 6.07) is 14.4. The second-order valence-corrected chi connectivity index (χ2v) is 5.37. The standard InChI is InChI=1S/C19H20FNO3/c1-2-24-19(23)17(12-14-7-4-3-5-8-14)21-18(22)13-15-9-6-10-16(20)11-15/h3-11,17H,2,12-13H2,1H3,(H,21,22)/t17-/m0/s1. The molecule has 2 aromatic carbocycles. The van der Waals surface area contributed by atoms with Crippen molar-refractivity contribution >= 4 is 11.9 Å². The summed E-state index contributed by atoms with van der Waals surface area (Å²) in [4.78, 5) is 24.3. The van der Waals surface area contributed by atoms with Crippen LogP contribution in [-0.4, -0.2) is 24.5 Å². The lowest BCUT2D eigenvalue weighted by Gasteiger charge is -2.17. The van der Waals surface area contributed by atoms with E-state index in [1.165, 1.54) is 12.1 Å². The molecule has 2 rings (SSSR count). The fraction of sp³-hybridized carbons (Fsp3) is 0.263. The van der Waals surface area contributed by atoms with E-state index in [1.54, 1.807) is 19.1 Å². The van der Waals surface area contributed by atoms with Crippen LogP contribution in [0.15, 0.2) is 54.6 Å². The lowest BCUT2D eigenvalue weighted by molar-refractivity contribution is -0.147. The van der Waals surface area contributed by atoms with Gasteiger partial charge in [0.05, 0.1) is 13.0 Å². The molecule has 1 amide bonds. The molecular weight excluding hydrogens is 309 g/mol. The normalized spacial score (nSPS) is 11.6. The van der Waals surface area contributed by atoms with Gasteiger partial charge in [0.25, 0.3) is 0 Å². The zero-order chi connectivity index (χ0) is 17.4. The molecule has 0 radical (unpaired) electrons. The molecular formula is C19H20FNO3. The topological polar surface area (TPSA) is 55.4 Å². The van der Waals surface area contributed by atoms with Gasteiger partial charge < -0.3 is 10.1 Å². The van der Waals surface area contributed by atoms with E-state index in [4.69, 9.17) is 4.74 Å². The van der Waals surface area contributed by atoms with Crippen molar-refractivity contribution in [2.75, 3.05) is 6.61 Å². The van der Waals surface area contributed by atoms with E-state index in [1.807, 2.05) is 30.3 Å². The van der Waals surface area contributed by atoms with Gasteiger partial charge in [0, 0.05) is 6.42 Å². The van der Waals surface area contributed by atoms with Crippen LogP contribution in [0.2, 0.25) is 0 Å². The molecule has 4 nitrogen and oxygen atoms in total. The number of carbonyl (C=O) groups is 2. The summed E-state index contributed by atoms with van der Waals surface area (Å²) < 4.78 is 18.2. The molecule has 1 atom stereocenters. The van der Waals surface area contributed by atoms with E-state index in [2.05, 4.69) is 5.32 Å². The molecule has 0 bridgehead atoms. The van der Waals surface area contributed by atoms with E-state index in [0.29, 0.717) is 12.0 Å². The van der Waals surface area contributed by atoms with Crippen LogP contribution in [-0.2, 0) is 27.2 Å². The van der Waals surface area contributed by atoms with Crippen molar-refractivity contribution in [2.24, 2.45) is 0 Å². The van der Waals surface area contributed by atoms with Crippen molar-refractivity contribution in [1.82, 2.24) is 5.32 Å². The number of halogens is 1.